The van der Waals surface area contributed by atoms with Gasteiger partial charge < -0.3 is 20.1 Å². The Hall–Kier alpha value is -2.98. The topological polar surface area (TPSA) is 125 Å². The molecule has 2 aliphatic heterocycles. The number of aliphatic hydroxyl groups is 1. The van der Waals surface area contributed by atoms with Crippen molar-refractivity contribution in [3.63, 3.8) is 0 Å². The van der Waals surface area contributed by atoms with Crippen molar-refractivity contribution in [2.75, 3.05) is 36.5 Å². The molecule has 2 heterocycles. The molecule has 0 radical (unpaired) electrons. The van der Waals surface area contributed by atoms with Gasteiger partial charge in [-0.1, -0.05) is 0 Å². The molecule has 2 atom stereocenters. The maximum absolute atomic E-state index is 12.2. The highest BCUT2D eigenvalue weighted by Crippen LogP contribution is 2.33. The van der Waals surface area contributed by atoms with Crippen LogP contribution in [-0.4, -0.2) is 65.2 Å². The first-order valence-corrected chi connectivity index (χ1v) is 8.94. The Morgan fingerprint density at radius 1 is 1.29 bits per heavy atom. The number of nitrogens with one attached hydrogen (secondary N) is 1. The van der Waals surface area contributed by atoms with Gasteiger partial charge in [0.05, 0.1) is 30.3 Å². The van der Waals surface area contributed by atoms with Gasteiger partial charge in [0.2, 0.25) is 0 Å². The van der Waals surface area contributed by atoms with E-state index in [0.29, 0.717) is 24.5 Å². The van der Waals surface area contributed by atoms with Crippen LogP contribution in [0.1, 0.15) is 13.8 Å². The third kappa shape index (κ3) is 3.97. The molecule has 1 aromatic carbocycles. The first kappa shape index (κ1) is 19.8. The summed E-state index contributed by atoms with van der Waals surface area (Å²) < 4.78 is 5.68. The second kappa shape index (κ2) is 7.95. The van der Waals surface area contributed by atoms with Crippen LogP contribution >= 0.6 is 0 Å². The Morgan fingerprint density at radius 2 is 1.96 bits per heavy atom. The minimum absolute atomic E-state index is 0.00844. The summed E-state index contributed by atoms with van der Waals surface area (Å²) in [6.45, 7) is 4.45. The smallest absolute Gasteiger partial charge is 0.294 e. The van der Waals surface area contributed by atoms with Crippen molar-refractivity contribution in [3.8, 4) is 0 Å². The Labute approximate surface area is 161 Å². The predicted octanol–water partition coefficient (Wildman–Crippen LogP) is 0.865. The number of carbonyl (C=O) groups is 2. The summed E-state index contributed by atoms with van der Waals surface area (Å²) in [6, 6.07) is 4.59. The SMILES string of the molecule is CC1CN(c2ccc(NC3=CC(=O)N(CCO)C3=O)cc2[N+](=O)[O-])CC(C)O1. The Balaban J connectivity index is 1.84. The molecular formula is C18H22N4O6. The second-order valence-corrected chi connectivity index (χ2v) is 6.82. The van der Waals surface area contributed by atoms with Gasteiger partial charge in [-0.05, 0) is 26.0 Å². The van der Waals surface area contributed by atoms with Crippen LogP contribution in [0.3, 0.4) is 0 Å². The molecule has 10 nitrogen and oxygen atoms in total. The van der Waals surface area contributed by atoms with Crippen LogP contribution in [0.5, 0.6) is 0 Å². The molecule has 1 aromatic rings. The number of nitro benzene ring substituents is 1. The fourth-order valence-corrected chi connectivity index (χ4v) is 3.45. The van der Waals surface area contributed by atoms with Crippen molar-refractivity contribution in [3.05, 3.63) is 40.1 Å². The van der Waals surface area contributed by atoms with E-state index in [-0.39, 0.29) is 36.7 Å². The van der Waals surface area contributed by atoms with E-state index in [0.717, 1.165) is 11.0 Å². The highest BCUT2D eigenvalue weighted by molar-refractivity contribution is 6.17. The average molecular weight is 390 g/mol. The van der Waals surface area contributed by atoms with Crippen molar-refractivity contribution >= 4 is 28.9 Å². The molecule has 28 heavy (non-hydrogen) atoms. The normalized spacial score (nSPS) is 22.5. The van der Waals surface area contributed by atoms with Gasteiger partial charge in [0.15, 0.2) is 0 Å². The average Bonchev–Trinajstić information content (AvgIpc) is 2.88. The quantitative estimate of drug-likeness (QED) is 0.416. The number of rotatable bonds is 6. The van der Waals surface area contributed by atoms with Crippen molar-refractivity contribution < 1.29 is 24.4 Å². The van der Waals surface area contributed by atoms with E-state index in [9.17, 15) is 19.7 Å². The molecule has 0 saturated carbocycles. The number of amides is 2. The molecule has 2 aliphatic rings. The number of hydrogen-bond donors (Lipinski definition) is 2. The number of carbonyl (C=O) groups excluding carboxylic acids is 2. The molecule has 0 bridgehead atoms. The highest BCUT2D eigenvalue weighted by Gasteiger charge is 2.32. The van der Waals surface area contributed by atoms with E-state index in [1.807, 2.05) is 18.7 Å². The van der Waals surface area contributed by atoms with E-state index >= 15 is 0 Å². The van der Waals surface area contributed by atoms with E-state index in [1.54, 1.807) is 12.1 Å². The lowest BCUT2D eigenvalue weighted by atomic mass is 10.1. The molecule has 1 fully saturated rings. The first-order valence-electron chi connectivity index (χ1n) is 8.94. The van der Waals surface area contributed by atoms with Gasteiger partial charge in [-0.15, -0.1) is 0 Å². The number of β-amino-alcohol motifs (C(OH)–C–C–N with tert-alkyl or cyclic N) is 1. The molecule has 150 valence electrons. The lowest BCUT2D eigenvalue weighted by molar-refractivity contribution is -0.384. The lowest BCUT2D eigenvalue weighted by Crippen LogP contribution is -2.45. The summed E-state index contributed by atoms with van der Waals surface area (Å²) in [7, 11) is 0. The van der Waals surface area contributed by atoms with Gasteiger partial charge in [-0.3, -0.25) is 24.6 Å². The lowest BCUT2D eigenvalue weighted by Gasteiger charge is -2.36. The van der Waals surface area contributed by atoms with Gasteiger partial charge in [-0.25, -0.2) is 0 Å². The van der Waals surface area contributed by atoms with Crippen molar-refractivity contribution in [1.29, 1.82) is 0 Å². The number of imide groups is 1. The van der Waals surface area contributed by atoms with E-state index in [2.05, 4.69) is 5.32 Å². The summed E-state index contributed by atoms with van der Waals surface area (Å²) in [4.78, 5) is 38.0. The zero-order valence-corrected chi connectivity index (χ0v) is 15.6. The fourth-order valence-electron chi connectivity index (χ4n) is 3.45. The second-order valence-electron chi connectivity index (χ2n) is 6.82. The van der Waals surface area contributed by atoms with Crippen LogP contribution in [0.15, 0.2) is 30.0 Å². The number of ether oxygens (including phenoxy) is 1. The molecule has 0 spiro atoms. The van der Waals surface area contributed by atoms with Crippen molar-refractivity contribution in [2.45, 2.75) is 26.1 Å². The van der Waals surface area contributed by atoms with Gasteiger partial charge >= 0.3 is 0 Å². The van der Waals surface area contributed by atoms with Crippen molar-refractivity contribution in [1.82, 2.24) is 4.90 Å². The third-order valence-electron chi connectivity index (χ3n) is 4.54. The third-order valence-corrected chi connectivity index (χ3v) is 4.54. The fraction of sp³-hybridized carbons (Fsp3) is 0.444. The molecule has 0 aromatic heterocycles. The molecule has 2 amide bonds. The van der Waals surface area contributed by atoms with Crippen LogP contribution in [-0.2, 0) is 14.3 Å². The number of hydrogen-bond acceptors (Lipinski definition) is 8. The molecular weight excluding hydrogens is 368 g/mol. The highest BCUT2D eigenvalue weighted by atomic mass is 16.6. The first-order chi connectivity index (χ1) is 13.3. The molecule has 1 saturated heterocycles. The molecule has 10 heteroatoms. The number of nitro groups is 1. The zero-order chi connectivity index (χ0) is 20.4. The summed E-state index contributed by atoms with van der Waals surface area (Å²) in [5, 5.41) is 23.3. The molecule has 2 N–H and O–H groups in total. The summed E-state index contributed by atoms with van der Waals surface area (Å²) in [5.74, 6) is -1.12. The maximum atomic E-state index is 12.2. The van der Waals surface area contributed by atoms with Crippen molar-refractivity contribution in [2.24, 2.45) is 0 Å². The molecule has 2 unspecified atom stereocenters. The number of morpholine rings is 1. The Kier molecular flexibility index (Phi) is 5.61. The summed E-state index contributed by atoms with van der Waals surface area (Å²) in [6.07, 6.45) is 1.01. The minimum atomic E-state index is -0.582. The number of benzene rings is 1. The van der Waals surface area contributed by atoms with Crippen LogP contribution in [0.25, 0.3) is 0 Å². The maximum Gasteiger partial charge on any atom is 0.294 e. The van der Waals surface area contributed by atoms with E-state index < -0.39 is 16.7 Å². The number of nitrogens with zero attached hydrogens (tertiary/aromatic N) is 3. The molecule has 0 aliphatic carbocycles. The van der Waals surface area contributed by atoms with Gasteiger partial charge in [-0.2, -0.15) is 0 Å². The van der Waals surface area contributed by atoms with Crippen LogP contribution in [0.2, 0.25) is 0 Å². The monoisotopic (exact) mass is 390 g/mol. The Morgan fingerprint density at radius 3 is 2.57 bits per heavy atom. The van der Waals surface area contributed by atoms with Gasteiger partial charge in [0.1, 0.15) is 11.4 Å². The Bertz CT molecular complexity index is 829. The van der Waals surface area contributed by atoms with E-state index in [1.165, 1.54) is 6.07 Å². The summed E-state index contributed by atoms with van der Waals surface area (Å²) >= 11 is 0. The number of anilines is 2. The number of aliphatic hydroxyl groups excluding tert-OH is 1. The minimum Gasteiger partial charge on any atom is -0.395 e. The molecule has 3 rings (SSSR count). The van der Waals surface area contributed by atoms with Crippen LogP contribution < -0.4 is 10.2 Å². The van der Waals surface area contributed by atoms with Gasteiger partial charge in [0.25, 0.3) is 17.5 Å². The van der Waals surface area contributed by atoms with Crippen LogP contribution in [0, 0.1) is 10.1 Å². The van der Waals surface area contributed by atoms with Crippen LogP contribution in [0.4, 0.5) is 17.1 Å². The van der Waals surface area contributed by atoms with E-state index in [4.69, 9.17) is 9.84 Å². The predicted molar refractivity (Wildman–Crippen MR) is 101 cm³/mol. The largest absolute Gasteiger partial charge is 0.395 e. The summed E-state index contributed by atoms with van der Waals surface area (Å²) in [5.41, 5.74) is 0.704. The van der Waals surface area contributed by atoms with Gasteiger partial charge in [0, 0.05) is 30.9 Å². The zero-order valence-electron chi connectivity index (χ0n) is 15.6. The standard InChI is InChI=1S/C18H22N4O6/c1-11-9-20(10-12(2)28-11)15-4-3-13(7-16(15)22(26)27)19-14-8-17(24)21(5-6-23)18(14)25/h3-4,7-8,11-12,19,23H,5-6,9-10H2,1-2H3.